The normalized spacial score (nSPS) is 20.6. The summed E-state index contributed by atoms with van der Waals surface area (Å²) in [5.41, 5.74) is 3.52. The number of carbonyl (C=O) groups is 1. The van der Waals surface area contributed by atoms with E-state index in [4.69, 9.17) is 14.2 Å². The number of rotatable bonds is 5. The van der Waals surface area contributed by atoms with Gasteiger partial charge < -0.3 is 14.2 Å². The van der Waals surface area contributed by atoms with Crippen molar-refractivity contribution in [2.75, 3.05) is 26.3 Å². The van der Waals surface area contributed by atoms with Crippen molar-refractivity contribution in [2.24, 2.45) is 11.8 Å². The van der Waals surface area contributed by atoms with Gasteiger partial charge >= 0.3 is 0 Å². The van der Waals surface area contributed by atoms with Crippen molar-refractivity contribution < 1.29 is 14.1 Å². The summed E-state index contributed by atoms with van der Waals surface area (Å²) in [7, 11) is 0. The van der Waals surface area contributed by atoms with E-state index in [1.54, 1.807) is 6.20 Å². The second kappa shape index (κ2) is 8.39. The van der Waals surface area contributed by atoms with Crippen molar-refractivity contribution >= 4 is 5.91 Å². The molecule has 1 unspecified atom stereocenters. The number of amides is 1. The van der Waals surface area contributed by atoms with Crippen LogP contribution in [0.5, 0.6) is 0 Å². The topological polar surface area (TPSA) is 81.4 Å². The van der Waals surface area contributed by atoms with E-state index in [0.29, 0.717) is 24.2 Å². The van der Waals surface area contributed by atoms with Crippen molar-refractivity contribution in [2.45, 2.75) is 46.0 Å². The van der Waals surface area contributed by atoms with Crippen molar-refractivity contribution in [1.82, 2.24) is 20.0 Å². The van der Waals surface area contributed by atoms with Crippen LogP contribution in [0.25, 0.3) is 11.3 Å². The SMILES string of the molecule is Cc1noc(C)c1-c1cncc(CC2CCN(C(=O)CC3CCOCC3)C2)n1. The summed E-state index contributed by atoms with van der Waals surface area (Å²) in [6.07, 6.45) is 8.13. The Bertz CT molecular complexity index is 809. The molecule has 0 bridgehead atoms. The second-order valence-corrected chi connectivity index (χ2v) is 8.05. The third kappa shape index (κ3) is 4.24. The van der Waals surface area contributed by atoms with Crippen molar-refractivity contribution in [3.05, 3.63) is 29.5 Å². The van der Waals surface area contributed by atoms with E-state index in [9.17, 15) is 4.79 Å². The minimum absolute atomic E-state index is 0.296. The van der Waals surface area contributed by atoms with Gasteiger partial charge in [0.1, 0.15) is 5.76 Å². The minimum atomic E-state index is 0.296. The fourth-order valence-corrected chi connectivity index (χ4v) is 4.32. The molecule has 4 heterocycles. The third-order valence-corrected chi connectivity index (χ3v) is 5.91. The first-order chi connectivity index (χ1) is 13.6. The van der Waals surface area contributed by atoms with E-state index in [1.165, 1.54) is 0 Å². The molecule has 1 amide bonds. The highest BCUT2D eigenvalue weighted by atomic mass is 16.5. The van der Waals surface area contributed by atoms with Gasteiger partial charge in [-0.05, 0) is 51.4 Å². The molecule has 0 N–H and O–H groups in total. The number of ether oxygens (including phenoxy) is 1. The summed E-state index contributed by atoms with van der Waals surface area (Å²) < 4.78 is 10.6. The lowest BCUT2D eigenvalue weighted by Gasteiger charge is -2.24. The smallest absolute Gasteiger partial charge is 0.222 e. The molecule has 2 aliphatic rings. The summed E-state index contributed by atoms with van der Waals surface area (Å²) in [5, 5.41) is 4.01. The molecule has 0 aliphatic carbocycles. The fraction of sp³-hybridized carbons (Fsp3) is 0.619. The largest absolute Gasteiger partial charge is 0.381 e. The molecule has 150 valence electrons. The van der Waals surface area contributed by atoms with Gasteiger partial charge in [0.05, 0.1) is 28.8 Å². The molecule has 0 saturated carbocycles. The average Bonchev–Trinajstić information content (AvgIpc) is 3.29. The molecule has 0 spiro atoms. The average molecular weight is 384 g/mol. The third-order valence-electron chi connectivity index (χ3n) is 5.91. The van der Waals surface area contributed by atoms with Crippen LogP contribution in [0.1, 0.15) is 42.8 Å². The molecule has 7 nitrogen and oxygen atoms in total. The van der Waals surface area contributed by atoms with Gasteiger partial charge in [-0.15, -0.1) is 0 Å². The number of hydrogen-bond acceptors (Lipinski definition) is 6. The monoisotopic (exact) mass is 384 g/mol. The van der Waals surface area contributed by atoms with Crippen molar-refractivity contribution in [3.8, 4) is 11.3 Å². The molecule has 0 radical (unpaired) electrons. The highest BCUT2D eigenvalue weighted by molar-refractivity contribution is 5.76. The Kier molecular flexibility index (Phi) is 5.71. The van der Waals surface area contributed by atoms with Crippen LogP contribution in [-0.2, 0) is 16.0 Å². The number of hydrogen-bond donors (Lipinski definition) is 0. The first-order valence-corrected chi connectivity index (χ1v) is 10.2. The zero-order valence-electron chi connectivity index (χ0n) is 16.7. The van der Waals surface area contributed by atoms with Gasteiger partial charge in [-0.2, -0.15) is 0 Å². The maximum absolute atomic E-state index is 12.6. The number of nitrogens with zero attached hydrogens (tertiary/aromatic N) is 4. The van der Waals surface area contributed by atoms with E-state index < -0.39 is 0 Å². The Balaban J connectivity index is 1.35. The fourth-order valence-electron chi connectivity index (χ4n) is 4.32. The van der Waals surface area contributed by atoms with Gasteiger partial charge in [-0.1, -0.05) is 5.16 Å². The molecule has 2 aromatic heterocycles. The number of aryl methyl sites for hydroxylation is 2. The van der Waals surface area contributed by atoms with Gasteiger partial charge in [-0.3, -0.25) is 9.78 Å². The summed E-state index contributed by atoms with van der Waals surface area (Å²) in [6, 6.07) is 0. The standard InChI is InChI=1S/C21H28N4O3/c1-14-21(15(2)28-24-14)19-12-22-11-18(23-19)9-17-3-6-25(13-17)20(26)10-16-4-7-27-8-5-16/h11-12,16-17H,3-10,13H2,1-2H3. The van der Waals surface area contributed by atoms with Gasteiger partial charge in [0, 0.05) is 38.9 Å². The van der Waals surface area contributed by atoms with E-state index in [0.717, 1.165) is 80.4 Å². The zero-order chi connectivity index (χ0) is 19.5. The van der Waals surface area contributed by atoms with Crippen LogP contribution in [0, 0.1) is 25.7 Å². The second-order valence-electron chi connectivity index (χ2n) is 8.05. The molecule has 4 rings (SSSR count). The summed E-state index contributed by atoms with van der Waals surface area (Å²) in [4.78, 5) is 23.8. The van der Waals surface area contributed by atoms with Gasteiger partial charge in [0.25, 0.3) is 0 Å². The Morgan fingerprint density at radius 2 is 2.00 bits per heavy atom. The van der Waals surface area contributed by atoms with E-state index in [2.05, 4.69) is 10.1 Å². The Hall–Kier alpha value is -2.28. The Morgan fingerprint density at radius 3 is 2.75 bits per heavy atom. The molecule has 2 fully saturated rings. The van der Waals surface area contributed by atoms with E-state index >= 15 is 0 Å². The van der Waals surface area contributed by atoms with Crippen LogP contribution < -0.4 is 0 Å². The van der Waals surface area contributed by atoms with Crippen LogP contribution in [-0.4, -0.2) is 52.2 Å². The molecule has 7 heteroatoms. The van der Waals surface area contributed by atoms with Gasteiger partial charge in [-0.25, -0.2) is 4.98 Å². The van der Waals surface area contributed by atoms with Crippen molar-refractivity contribution in [3.63, 3.8) is 0 Å². The summed E-state index contributed by atoms with van der Waals surface area (Å²) >= 11 is 0. The van der Waals surface area contributed by atoms with Crippen LogP contribution >= 0.6 is 0 Å². The summed E-state index contributed by atoms with van der Waals surface area (Å²) in [5.74, 6) is 1.98. The first kappa shape index (κ1) is 19.1. The number of aromatic nitrogens is 3. The summed E-state index contributed by atoms with van der Waals surface area (Å²) in [6.45, 7) is 7.06. The van der Waals surface area contributed by atoms with E-state index in [1.807, 2.05) is 24.9 Å². The molecule has 28 heavy (non-hydrogen) atoms. The molecule has 2 saturated heterocycles. The van der Waals surface area contributed by atoms with Crippen LogP contribution in [0.3, 0.4) is 0 Å². The highest BCUT2D eigenvalue weighted by Gasteiger charge is 2.28. The maximum atomic E-state index is 12.6. The molecule has 2 aliphatic heterocycles. The quantitative estimate of drug-likeness (QED) is 0.788. The minimum Gasteiger partial charge on any atom is -0.381 e. The Labute approximate surface area is 165 Å². The number of likely N-dealkylation sites (tertiary alicyclic amines) is 1. The van der Waals surface area contributed by atoms with Gasteiger partial charge in [0.2, 0.25) is 5.91 Å². The zero-order valence-corrected chi connectivity index (χ0v) is 16.7. The lowest BCUT2D eigenvalue weighted by atomic mass is 9.96. The number of carbonyl (C=O) groups excluding carboxylic acids is 1. The molecular formula is C21H28N4O3. The van der Waals surface area contributed by atoms with Crippen LogP contribution in [0.15, 0.2) is 16.9 Å². The highest BCUT2D eigenvalue weighted by Crippen LogP contribution is 2.27. The maximum Gasteiger partial charge on any atom is 0.222 e. The van der Waals surface area contributed by atoms with Gasteiger partial charge in [0.15, 0.2) is 0 Å². The van der Waals surface area contributed by atoms with Crippen LogP contribution in [0.2, 0.25) is 0 Å². The Morgan fingerprint density at radius 1 is 1.18 bits per heavy atom. The lowest BCUT2D eigenvalue weighted by Crippen LogP contribution is -2.31. The van der Waals surface area contributed by atoms with Crippen molar-refractivity contribution in [1.29, 1.82) is 0 Å². The molecular weight excluding hydrogens is 356 g/mol. The predicted octanol–water partition coefficient (Wildman–Crippen LogP) is 2.96. The van der Waals surface area contributed by atoms with Crippen LogP contribution in [0.4, 0.5) is 0 Å². The first-order valence-electron chi connectivity index (χ1n) is 10.2. The molecule has 0 aromatic carbocycles. The lowest BCUT2D eigenvalue weighted by molar-refractivity contribution is -0.132. The molecule has 1 atom stereocenters. The van der Waals surface area contributed by atoms with E-state index in [-0.39, 0.29) is 0 Å². The predicted molar refractivity (Wildman–Crippen MR) is 104 cm³/mol. The molecule has 2 aromatic rings.